The van der Waals surface area contributed by atoms with Crippen molar-refractivity contribution >= 4 is 11.9 Å². The summed E-state index contributed by atoms with van der Waals surface area (Å²) in [5, 5.41) is 0. The molecule has 0 aromatic heterocycles. The monoisotopic (exact) mass is 298 g/mol. The number of hydrogen-bond donors (Lipinski definition) is 0. The highest BCUT2D eigenvalue weighted by molar-refractivity contribution is 5.86. The molecule has 0 aliphatic heterocycles. The van der Waals surface area contributed by atoms with Gasteiger partial charge in [0.05, 0.1) is 6.61 Å². The normalized spacial score (nSPS) is 9.38. The van der Waals surface area contributed by atoms with Gasteiger partial charge in [0.1, 0.15) is 6.61 Å². The molecule has 0 spiro atoms. The first kappa shape index (κ1) is 21.7. The molecule has 0 heterocycles. The second kappa shape index (κ2) is 14.8. The molecule has 0 unspecified atom stereocenters. The molecule has 0 atom stereocenters. The van der Waals surface area contributed by atoms with Gasteiger partial charge in [-0.15, -0.1) is 0 Å². The second-order valence-electron chi connectivity index (χ2n) is 5.25. The minimum absolute atomic E-state index is 0.264. The number of ether oxygens (including phenoxy) is 2. The lowest BCUT2D eigenvalue weighted by molar-refractivity contribution is -0.140. The summed E-state index contributed by atoms with van der Waals surface area (Å²) in [6.45, 7) is 15.2. The van der Waals surface area contributed by atoms with Gasteiger partial charge in [-0.2, -0.15) is 0 Å². The zero-order chi connectivity index (χ0) is 16.7. The lowest BCUT2D eigenvalue weighted by Gasteiger charge is -2.05. The van der Waals surface area contributed by atoms with E-state index in [4.69, 9.17) is 4.74 Å². The fourth-order valence-electron chi connectivity index (χ4n) is 1.30. The Morgan fingerprint density at radius 2 is 1.71 bits per heavy atom. The van der Waals surface area contributed by atoms with E-state index in [2.05, 4.69) is 31.7 Å². The molecule has 0 aliphatic carbocycles. The third kappa shape index (κ3) is 20.9. The van der Waals surface area contributed by atoms with Crippen LogP contribution in [0.4, 0.5) is 0 Å². The van der Waals surface area contributed by atoms with E-state index in [9.17, 15) is 9.59 Å². The number of esters is 2. The summed E-state index contributed by atoms with van der Waals surface area (Å²) in [4.78, 5) is 20.9. The predicted molar refractivity (Wildman–Crippen MR) is 85.9 cm³/mol. The summed E-state index contributed by atoms with van der Waals surface area (Å²) < 4.78 is 9.41. The smallest absolute Gasteiger partial charge is 0.333 e. The first-order valence-corrected chi connectivity index (χ1v) is 7.38. The molecule has 4 nitrogen and oxygen atoms in total. The molecule has 0 radical (unpaired) electrons. The fraction of sp³-hybridized carbons (Fsp3) is 0.647. The van der Waals surface area contributed by atoms with Crippen molar-refractivity contribution in [3.05, 3.63) is 24.8 Å². The maximum atomic E-state index is 11.0. The minimum atomic E-state index is -0.270. The van der Waals surface area contributed by atoms with Crippen molar-refractivity contribution < 1.29 is 19.1 Å². The Hall–Kier alpha value is -1.58. The first-order chi connectivity index (χ1) is 9.81. The van der Waals surface area contributed by atoms with Crippen molar-refractivity contribution in [2.45, 2.75) is 53.4 Å². The average Bonchev–Trinajstić information content (AvgIpc) is 2.40. The van der Waals surface area contributed by atoms with E-state index in [0.717, 1.165) is 18.8 Å². The van der Waals surface area contributed by atoms with Gasteiger partial charge in [-0.3, -0.25) is 4.79 Å². The summed E-state index contributed by atoms with van der Waals surface area (Å²) in [5.41, 5.74) is 0.479. The largest absolute Gasteiger partial charge is 0.462 e. The predicted octanol–water partition coefficient (Wildman–Crippen LogP) is 4.06. The molecule has 0 aromatic rings. The van der Waals surface area contributed by atoms with Crippen molar-refractivity contribution in [3.8, 4) is 0 Å². The maximum absolute atomic E-state index is 11.0. The molecule has 0 bridgehead atoms. The second-order valence-corrected chi connectivity index (χ2v) is 5.25. The highest BCUT2D eigenvalue weighted by Crippen LogP contribution is 2.08. The van der Waals surface area contributed by atoms with E-state index in [1.807, 2.05) is 0 Å². The Labute approximate surface area is 129 Å². The van der Waals surface area contributed by atoms with Crippen LogP contribution in [-0.4, -0.2) is 25.2 Å². The molecular weight excluding hydrogens is 268 g/mol. The summed E-state index contributed by atoms with van der Waals surface area (Å²) in [5.74, 6) is 0.238. The van der Waals surface area contributed by atoms with Crippen LogP contribution in [0.15, 0.2) is 24.8 Å². The maximum Gasteiger partial charge on any atom is 0.333 e. The van der Waals surface area contributed by atoms with Crippen LogP contribution in [0.25, 0.3) is 0 Å². The van der Waals surface area contributed by atoms with Crippen LogP contribution in [0.1, 0.15) is 53.4 Å². The zero-order valence-corrected chi connectivity index (χ0v) is 13.9. The topological polar surface area (TPSA) is 52.6 Å². The van der Waals surface area contributed by atoms with E-state index in [1.165, 1.54) is 25.8 Å². The molecule has 0 N–H and O–H groups in total. The molecule has 0 rings (SSSR count). The van der Waals surface area contributed by atoms with Crippen molar-refractivity contribution in [1.29, 1.82) is 0 Å². The molecule has 122 valence electrons. The summed E-state index contributed by atoms with van der Waals surface area (Å²) in [6.07, 6.45) is 6.12. The van der Waals surface area contributed by atoms with Crippen LogP contribution >= 0.6 is 0 Å². The van der Waals surface area contributed by atoms with E-state index in [1.54, 1.807) is 6.92 Å². The number of carbonyl (C=O) groups is 2. The Bertz CT molecular complexity index is 319. The van der Waals surface area contributed by atoms with Gasteiger partial charge in [0.25, 0.3) is 0 Å². The van der Waals surface area contributed by atoms with Crippen molar-refractivity contribution in [3.63, 3.8) is 0 Å². The third-order valence-corrected chi connectivity index (χ3v) is 2.41. The molecule has 0 aromatic carbocycles. The summed E-state index contributed by atoms with van der Waals surface area (Å²) >= 11 is 0. The van der Waals surface area contributed by atoms with E-state index in [-0.39, 0.29) is 11.9 Å². The standard InChI is InChI=1S/C12H22O2.C5H8O2/c1-10(2)8-6-5-7-9-14-12(13)11(3)4;1-3-4-7-5(2)6/h10H,3,5-9H2,1-2,4H3;3H,1,4H2,2H3. The molecule has 0 fully saturated rings. The Balaban J connectivity index is 0. The van der Waals surface area contributed by atoms with Crippen molar-refractivity contribution in [2.75, 3.05) is 13.2 Å². The molecule has 0 amide bonds. The Morgan fingerprint density at radius 3 is 2.10 bits per heavy atom. The van der Waals surface area contributed by atoms with Gasteiger partial charge in [0.2, 0.25) is 0 Å². The van der Waals surface area contributed by atoms with Gasteiger partial charge in [0.15, 0.2) is 0 Å². The summed E-state index contributed by atoms with van der Waals surface area (Å²) in [6, 6.07) is 0. The van der Waals surface area contributed by atoms with Crippen LogP contribution in [0.5, 0.6) is 0 Å². The SMILES string of the molecule is C=C(C)C(=O)OCCCCCC(C)C.C=CCOC(C)=O. The minimum Gasteiger partial charge on any atom is -0.462 e. The molecule has 0 aliphatic rings. The van der Waals surface area contributed by atoms with Gasteiger partial charge < -0.3 is 9.47 Å². The third-order valence-electron chi connectivity index (χ3n) is 2.41. The van der Waals surface area contributed by atoms with Crippen molar-refractivity contribution in [2.24, 2.45) is 5.92 Å². The Morgan fingerprint density at radius 1 is 1.10 bits per heavy atom. The van der Waals surface area contributed by atoms with E-state index in [0.29, 0.717) is 18.8 Å². The van der Waals surface area contributed by atoms with E-state index < -0.39 is 0 Å². The summed E-state index contributed by atoms with van der Waals surface area (Å²) in [7, 11) is 0. The lowest BCUT2D eigenvalue weighted by Crippen LogP contribution is -2.06. The number of rotatable bonds is 9. The average molecular weight is 298 g/mol. The first-order valence-electron chi connectivity index (χ1n) is 7.38. The Kier molecular flexibility index (Phi) is 15.3. The van der Waals surface area contributed by atoms with Crippen LogP contribution in [0.2, 0.25) is 0 Å². The van der Waals surface area contributed by atoms with Crippen LogP contribution in [0, 0.1) is 5.92 Å². The van der Waals surface area contributed by atoms with Gasteiger partial charge >= 0.3 is 11.9 Å². The van der Waals surface area contributed by atoms with Gasteiger partial charge in [0, 0.05) is 12.5 Å². The number of carbonyl (C=O) groups excluding carboxylic acids is 2. The van der Waals surface area contributed by atoms with Gasteiger partial charge in [-0.25, -0.2) is 4.79 Å². The fourth-order valence-corrected chi connectivity index (χ4v) is 1.30. The molecule has 21 heavy (non-hydrogen) atoms. The molecular formula is C17H30O4. The zero-order valence-electron chi connectivity index (χ0n) is 13.9. The van der Waals surface area contributed by atoms with Gasteiger partial charge in [-0.05, 0) is 19.3 Å². The van der Waals surface area contributed by atoms with Crippen LogP contribution < -0.4 is 0 Å². The molecule has 0 saturated carbocycles. The van der Waals surface area contributed by atoms with Gasteiger partial charge in [-0.1, -0.05) is 52.3 Å². The highest BCUT2D eigenvalue weighted by Gasteiger charge is 2.01. The van der Waals surface area contributed by atoms with Crippen molar-refractivity contribution in [1.82, 2.24) is 0 Å². The molecule has 0 saturated heterocycles. The van der Waals surface area contributed by atoms with Crippen LogP contribution in [-0.2, 0) is 19.1 Å². The number of hydrogen-bond acceptors (Lipinski definition) is 4. The molecule has 4 heteroatoms. The quantitative estimate of drug-likeness (QED) is 0.279. The van der Waals surface area contributed by atoms with Crippen LogP contribution in [0.3, 0.4) is 0 Å². The highest BCUT2D eigenvalue weighted by atomic mass is 16.5. The number of unbranched alkanes of at least 4 members (excludes halogenated alkanes) is 2. The van der Waals surface area contributed by atoms with E-state index >= 15 is 0 Å². The lowest BCUT2D eigenvalue weighted by atomic mass is 10.1.